The number of para-hydroxylation sites is 1. The van der Waals surface area contributed by atoms with Gasteiger partial charge in [-0.15, -0.1) is 0 Å². The minimum atomic E-state index is -0.835. The molecule has 0 aromatic heterocycles. The first-order valence-electron chi connectivity index (χ1n) is 6.90. The van der Waals surface area contributed by atoms with Crippen LogP contribution in [0.15, 0.2) is 24.3 Å². The molecule has 1 aromatic carbocycles. The molecule has 1 fully saturated rings. The third-order valence-electron chi connectivity index (χ3n) is 3.87. The number of hydrogen-bond donors (Lipinski definition) is 3. The van der Waals surface area contributed by atoms with E-state index in [0.717, 1.165) is 30.7 Å². The highest BCUT2D eigenvalue weighted by Gasteiger charge is 2.37. The lowest BCUT2D eigenvalue weighted by Gasteiger charge is -2.38. The normalized spacial score (nSPS) is 27.2. The predicted molar refractivity (Wildman–Crippen MR) is 74.2 cm³/mol. The molecule has 19 heavy (non-hydrogen) atoms. The molecule has 1 saturated heterocycles. The maximum absolute atomic E-state index is 10.9. The Balaban J connectivity index is 2.16. The molecule has 0 aliphatic carbocycles. The average molecular weight is 265 g/mol. The van der Waals surface area contributed by atoms with Gasteiger partial charge in [-0.25, -0.2) is 0 Å². The van der Waals surface area contributed by atoms with Crippen molar-refractivity contribution in [2.24, 2.45) is 0 Å². The van der Waals surface area contributed by atoms with Gasteiger partial charge in [-0.05, 0) is 38.3 Å². The summed E-state index contributed by atoms with van der Waals surface area (Å²) >= 11 is 0. The summed E-state index contributed by atoms with van der Waals surface area (Å²) in [6.07, 6.45) is 2.99. The second kappa shape index (κ2) is 6.37. The van der Waals surface area contributed by atoms with Gasteiger partial charge in [0.1, 0.15) is 5.75 Å². The first kappa shape index (κ1) is 14.3. The van der Waals surface area contributed by atoms with Crippen LogP contribution in [0.25, 0.3) is 0 Å². The van der Waals surface area contributed by atoms with Gasteiger partial charge in [0, 0.05) is 18.2 Å². The zero-order chi connectivity index (χ0) is 13.7. The lowest BCUT2D eigenvalue weighted by molar-refractivity contribution is -0.0126. The summed E-state index contributed by atoms with van der Waals surface area (Å²) in [4.78, 5) is 0. The van der Waals surface area contributed by atoms with Crippen molar-refractivity contribution >= 4 is 0 Å². The van der Waals surface area contributed by atoms with Crippen LogP contribution in [-0.2, 0) is 5.60 Å². The molecule has 4 heteroatoms. The molecule has 0 amide bonds. The molecule has 1 aromatic rings. The molecule has 1 aliphatic rings. The average Bonchev–Trinajstić information content (AvgIpc) is 2.45. The van der Waals surface area contributed by atoms with Crippen molar-refractivity contribution in [3.05, 3.63) is 29.8 Å². The van der Waals surface area contributed by atoms with Crippen molar-refractivity contribution in [2.75, 3.05) is 20.3 Å². The molecular formula is C15H23NO3. The van der Waals surface area contributed by atoms with Crippen molar-refractivity contribution in [3.8, 4) is 5.75 Å². The van der Waals surface area contributed by atoms with E-state index in [1.54, 1.807) is 7.11 Å². The fourth-order valence-electron chi connectivity index (χ4n) is 2.88. The van der Waals surface area contributed by atoms with E-state index in [0.29, 0.717) is 12.8 Å². The molecule has 1 heterocycles. The molecule has 0 bridgehead atoms. The first-order valence-corrected chi connectivity index (χ1v) is 6.90. The number of aliphatic hydroxyl groups is 2. The van der Waals surface area contributed by atoms with Crippen LogP contribution in [0.3, 0.4) is 0 Å². The van der Waals surface area contributed by atoms with E-state index >= 15 is 0 Å². The Morgan fingerprint density at radius 3 is 2.95 bits per heavy atom. The Morgan fingerprint density at radius 2 is 2.21 bits per heavy atom. The number of piperidine rings is 1. The van der Waals surface area contributed by atoms with Crippen molar-refractivity contribution in [1.29, 1.82) is 0 Å². The van der Waals surface area contributed by atoms with Crippen molar-refractivity contribution < 1.29 is 14.9 Å². The maximum atomic E-state index is 10.9. The smallest absolute Gasteiger partial charge is 0.124 e. The molecule has 3 N–H and O–H groups in total. The van der Waals surface area contributed by atoms with Crippen LogP contribution in [0.2, 0.25) is 0 Å². The van der Waals surface area contributed by atoms with Gasteiger partial charge in [-0.1, -0.05) is 18.2 Å². The van der Waals surface area contributed by atoms with Gasteiger partial charge in [0.2, 0.25) is 0 Å². The highest BCUT2D eigenvalue weighted by Crippen LogP contribution is 2.38. The Kier molecular flexibility index (Phi) is 4.80. The Hall–Kier alpha value is -1.10. The van der Waals surface area contributed by atoms with Gasteiger partial charge in [-0.3, -0.25) is 0 Å². The van der Waals surface area contributed by atoms with E-state index in [-0.39, 0.29) is 12.6 Å². The summed E-state index contributed by atoms with van der Waals surface area (Å²) in [6.45, 7) is 0.982. The molecule has 1 aliphatic heterocycles. The Bertz CT molecular complexity index is 410. The van der Waals surface area contributed by atoms with Crippen LogP contribution < -0.4 is 10.1 Å². The van der Waals surface area contributed by atoms with Crippen molar-refractivity contribution in [1.82, 2.24) is 5.32 Å². The fraction of sp³-hybridized carbons (Fsp3) is 0.600. The summed E-state index contributed by atoms with van der Waals surface area (Å²) in [6, 6.07) is 7.91. The Labute approximate surface area is 114 Å². The van der Waals surface area contributed by atoms with Gasteiger partial charge >= 0.3 is 0 Å². The zero-order valence-electron chi connectivity index (χ0n) is 11.4. The number of methoxy groups -OCH3 is 1. The number of hydrogen-bond acceptors (Lipinski definition) is 4. The minimum absolute atomic E-state index is 0.200. The maximum Gasteiger partial charge on any atom is 0.124 e. The van der Waals surface area contributed by atoms with Gasteiger partial charge in [0.05, 0.1) is 12.7 Å². The van der Waals surface area contributed by atoms with Gasteiger partial charge < -0.3 is 20.3 Å². The molecule has 2 atom stereocenters. The number of benzene rings is 1. The molecule has 4 nitrogen and oxygen atoms in total. The second-order valence-corrected chi connectivity index (χ2v) is 5.20. The SMILES string of the molecule is COc1ccccc1C1(O)CCNC(CCCO)C1. The third-order valence-corrected chi connectivity index (χ3v) is 3.87. The van der Waals surface area contributed by atoms with Gasteiger partial charge in [0.25, 0.3) is 0 Å². The fourth-order valence-corrected chi connectivity index (χ4v) is 2.88. The summed E-state index contributed by atoms with van der Waals surface area (Å²) in [5.74, 6) is 0.743. The van der Waals surface area contributed by atoms with Crippen LogP contribution in [-0.4, -0.2) is 36.5 Å². The Morgan fingerprint density at radius 1 is 1.42 bits per heavy atom. The quantitative estimate of drug-likeness (QED) is 0.753. The summed E-state index contributed by atoms with van der Waals surface area (Å²) in [7, 11) is 1.63. The highest BCUT2D eigenvalue weighted by atomic mass is 16.5. The number of ether oxygens (including phenoxy) is 1. The minimum Gasteiger partial charge on any atom is -0.496 e. The standard InChI is InChI=1S/C15H23NO3/c1-19-14-7-3-2-6-13(14)15(18)8-9-16-12(11-15)5-4-10-17/h2-3,6-7,12,16-18H,4-5,8-11H2,1H3. The van der Waals surface area contributed by atoms with Crippen LogP contribution >= 0.6 is 0 Å². The van der Waals surface area contributed by atoms with E-state index in [4.69, 9.17) is 9.84 Å². The van der Waals surface area contributed by atoms with Gasteiger partial charge in [0.15, 0.2) is 0 Å². The van der Waals surface area contributed by atoms with Crippen LogP contribution in [0.1, 0.15) is 31.2 Å². The van der Waals surface area contributed by atoms with E-state index in [1.807, 2.05) is 24.3 Å². The first-order chi connectivity index (χ1) is 9.19. The predicted octanol–water partition coefficient (Wildman–Crippen LogP) is 1.41. The summed E-state index contributed by atoms with van der Waals surface area (Å²) < 4.78 is 5.36. The monoisotopic (exact) mass is 265 g/mol. The summed E-state index contributed by atoms with van der Waals surface area (Å²) in [5, 5.41) is 23.3. The van der Waals surface area contributed by atoms with Gasteiger partial charge in [-0.2, -0.15) is 0 Å². The molecular weight excluding hydrogens is 242 g/mol. The zero-order valence-corrected chi connectivity index (χ0v) is 11.4. The van der Waals surface area contributed by atoms with E-state index < -0.39 is 5.60 Å². The molecule has 2 rings (SSSR count). The van der Waals surface area contributed by atoms with Crippen molar-refractivity contribution in [2.45, 2.75) is 37.3 Å². The molecule has 0 radical (unpaired) electrons. The molecule has 106 valence electrons. The van der Waals surface area contributed by atoms with Crippen LogP contribution in [0.4, 0.5) is 0 Å². The second-order valence-electron chi connectivity index (χ2n) is 5.20. The third kappa shape index (κ3) is 3.26. The lowest BCUT2D eigenvalue weighted by Crippen LogP contribution is -2.46. The molecule has 2 unspecified atom stereocenters. The number of rotatable bonds is 5. The van der Waals surface area contributed by atoms with Crippen LogP contribution in [0, 0.1) is 0 Å². The topological polar surface area (TPSA) is 61.7 Å². The van der Waals surface area contributed by atoms with Crippen molar-refractivity contribution in [3.63, 3.8) is 0 Å². The summed E-state index contributed by atoms with van der Waals surface area (Å²) in [5.41, 5.74) is 0.0332. The highest BCUT2D eigenvalue weighted by molar-refractivity contribution is 5.38. The number of nitrogens with one attached hydrogen (secondary N) is 1. The largest absolute Gasteiger partial charge is 0.496 e. The molecule has 0 spiro atoms. The van der Waals surface area contributed by atoms with E-state index in [9.17, 15) is 5.11 Å². The van der Waals surface area contributed by atoms with Crippen LogP contribution in [0.5, 0.6) is 5.75 Å². The van der Waals surface area contributed by atoms with E-state index in [2.05, 4.69) is 5.32 Å². The van der Waals surface area contributed by atoms with E-state index in [1.165, 1.54) is 0 Å². The molecule has 0 saturated carbocycles. The number of aliphatic hydroxyl groups excluding tert-OH is 1. The lowest BCUT2D eigenvalue weighted by atomic mass is 9.80.